The van der Waals surface area contributed by atoms with Gasteiger partial charge in [-0.1, -0.05) is 36.9 Å². The zero-order valence-corrected chi connectivity index (χ0v) is 12.1. The maximum atomic E-state index is 11.8. The Morgan fingerprint density at radius 3 is 2.95 bits per heavy atom. The number of carbonyl (C=O) groups is 1. The van der Waals surface area contributed by atoms with Crippen molar-refractivity contribution < 1.29 is 14.6 Å². The van der Waals surface area contributed by atoms with Crippen LogP contribution in [0.2, 0.25) is 5.02 Å². The number of benzene rings is 1. The molecule has 1 aromatic carbocycles. The Hall–Kier alpha value is -1.26. The predicted molar refractivity (Wildman–Crippen MR) is 78.0 cm³/mol. The fraction of sp³-hybridized carbons (Fsp3) is 0.533. The molecule has 0 spiro atoms. The second kappa shape index (κ2) is 7.50. The van der Waals surface area contributed by atoms with Gasteiger partial charge < -0.3 is 15.2 Å². The van der Waals surface area contributed by atoms with E-state index >= 15 is 0 Å². The highest BCUT2D eigenvalue weighted by molar-refractivity contribution is 6.30. The van der Waals surface area contributed by atoms with Crippen molar-refractivity contribution >= 4 is 17.5 Å². The largest absolute Gasteiger partial charge is 0.484 e. The number of amides is 1. The van der Waals surface area contributed by atoms with E-state index in [4.69, 9.17) is 16.3 Å². The van der Waals surface area contributed by atoms with Crippen LogP contribution in [0.1, 0.15) is 32.1 Å². The Morgan fingerprint density at radius 2 is 2.15 bits per heavy atom. The molecule has 2 atom stereocenters. The van der Waals surface area contributed by atoms with Crippen molar-refractivity contribution in [1.29, 1.82) is 0 Å². The molecule has 0 bridgehead atoms. The van der Waals surface area contributed by atoms with E-state index in [2.05, 4.69) is 5.32 Å². The van der Waals surface area contributed by atoms with E-state index in [0.29, 0.717) is 10.8 Å². The summed E-state index contributed by atoms with van der Waals surface area (Å²) in [7, 11) is 0. The van der Waals surface area contributed by atoms with Crippen molar-refractivity contribution in [3.8, 4) is 5.75 Å². The van der Waals surface area contributed by atoms with Gasteiger partial charge in [0.2, 0.25) is 0 Å². The van der Waals surface area contributed by atoms with Gasteiger partial charge in [-0.05, 0) is 31.0 Å². The minimum absolute atomic E-state index is 0.0659. The number of hydrogen-bond donors (Lipinski definition) is 2. The molecule has 1 fully saturated rings. The second-order valence-electron chi connectivity index (χ2n) is 5.13. The minimum atomic E-state index is -0.451. The Bertz CT molecular complexity index is 452. The lowest BCUT2D eigenvalue weighted by molar-refractivity contribution is -0.124. The molecule has 20 heavy (non-hydrogen) atoms. The van der Waals surface area contributed by atoms with Gasteiger partial charge in [-0.2, -0.15) is 0 Å². The molecule has 0 heterocycles. The summed E-state index contributed by atoms with van der Waals surface area (Å²) >= 11 is 5.84. The van der Waals surface area contributed by atoms with Crippen LogP contribution in [-0.4, -0.2) is 29.8 Å². The van der Waals surface area contributed by atoms with E-state index in [-0.39, 0.29) is 18.6 Å². The van der Waals surface area contributed by atoms with Crippen molar-refractivity contribution in [1.82, 2.24) is 5.32 Å². The second-order valence-corrected chi connectivity index (χ2v) is 5.56. The Balaban J connectivity index is 1.80. The molecular formula is C15H20ClNO3. The minimum Gasteiger partial charge on any atom is -0.484 e. The van der Waals surface area contributed by atoms with Gasteiger partial charge in [0.05, 0.1) is 12.1 Å². The number of ether oxygens (including phenoxy) is 1. The zero-order chi connectivity index (χ0) is 14.4. The summed E-state index contributed by atoms with van der Waals surface area (Å²) < 4.78 is 5.38. The lowest BCUT2D eigenvalue weighted by Gasteiger charge is -2.21. The Labute approximate surface area is 124 Å². The zero-order valence-electron chi connectivity index (χ0n) is 11.3. The van der Waals surface area contributed by atoms with Crippen LogP contribution in [0.15, 0.2) is 24.3 Å². The molecule has 0 radical (unpaired) electrons. The number of hydrogen-bond acceptors (Lipinski definition) is 3. The summed E-state index contributed by atoms with van der Waals surface area (Å²) in [5.74, 6) is 0.352. The van der Waals surface area contributed by atoms with Crippen LogP contribution < -0.4 is 10.1 Å². The Kier molecular flexibility index (Phi) is 5.68. The molecule has 0 aromatic heterocycles. The maximum absolute atomic E-state index is 11.8. The van der Waals surface area contributed by atoms with E-state index in [9.17, 15) is 9.90 Å². The molecule has 1 amide bonds. The van der Waals surface area contributed by atoms with Crippen LogP contribution in [0, 0.1) is 0 Å². The standard InChI is InChI=1S/C15H20ClNO3/c16-11-5-4-6-12(9-11)20-10-15(19)17-13-7-2-1-3-8-14(13)18/h4-6,9,13-14,18H,1-3,7-8,10H2,(H,17,19). The van der Waals surface area contributed by atoms with Gasteiger partial charge >= 0.3 is 0 Å². The third-order valence-corrected chi connectivity index (χ3v) is 3.73. The van der Waals surface area contributed by atoms with Crippen LogP contribution >= 0.6 is 11.6 Å². The van der Waals surface area contributed by atoms with Gasteiger partial charge in [0.25, 0.3) is 5.91 Å². The smallest absolute Gasteiger partial charge is 0.258 e. The van der Waals surface area contributed by atoms with Crippen LogP contribution in [0.5, 0.6) is 5.75 Å². The number of aliphatic hydroxyl groups excluding tert-OH is 1. The average Bonchev–Trinajstić information content (AvgIpc) is 2.62. The summed E-state index contributed by atoms with van der Waals surface area (Å²) in [6, 6.07) is 6.77. The first-order chi connectivity index (χ1) is 9.65. The van der Waals surface area contributed by atoms with Crippen LogP contribution in [0.25, 0.3) is 0 Å². The van der Waals surface area contributed by atoms with E-state index in [1.165, 1.54) is 0 Å². The summed E-state index contributed by atoms with van der Waals surface area (Å²) in [6.45, 7) is -0.0659. The molecule has 2 rings (SSSR count). The van der Waals surface area contributed by atoms with Crippen LogP contribution in [0.3, 0.4) is 0 Å². The molecule has 1 saturated carbocycles. The molecule has 110 valence electrons. The molecule has 1 aliphatic carbocycles. The molecular weight excluding hydrogens is 278 g/mol. The quantitative estimate of drug-likeness (QED) is 0.840. The molecule has 1 aromatic rings. The van der Waals surface area contributed by atoms with Crippen molar-refractivity contribution in [3.63, 3.8) is 0 Å². The highest BCUT2D eigenvalue weighted by atomic mass is 35.5. The molecule has 2 unspecified atom stereocenters. The van der Waals surface area contributed by atoms with Crippen LogP contribution in [-0.2, 0) is 4.79 Å². The van der Waals surface area contributed by atoms with E-state index < -0.39 is 6.10 Å². The van der Waals surface area contributed by atoms with Gasteiger partial charge in [-0.25, -0.2) is 0 Å². The monoisotopic (exact) mass is 297 g/mol. The molecule has 1 aliphatic rings. The summed E-state index contributed by atoms with van der Waals surface area (Å²) in [5, 5.41) is 13.4. The number of halogens is 1. The van der Waals surface area contributed by atoms with Gasteiger partial charge in [-0.3, -0.25) is 4.79 Å². The summed E-state index contributed by atoms with van der Waals surface area (Å²) in [4.78, 5) is 11.8. The van der Waals surface area contributed by atoms with Crippen molar-refractivity contribution in [2.24, 2.45) is 0 Å². The fourth-order valence-electron chi connectivity index (χ4n) is 2.41. The maximum Gasteiger partial charge on any atom is 0.258 e. The molecule has 2 N–H and O–H groups in total. The lowest BCUT2D eigenvalue weighted by Crippen LogP contribution is -2.44. The third-order valence-electron chi connectivity index (χ3n) is 3.49. The average molecular weight is 298 g/mol. The van der Waals surface area contributed by atoms with E-state index in [1.54, 1.807) is 24.3 Å². The van der Waals surface area contributed by atoms with E-state index in [0.717, 1.165) is 32.1 Å². The number of aliphatic hydroxyl groups is 1. The number of nitrogens with one attached hydrogen (secondary N) is 1. The number of rotatable bonds is 4. The summed E-state index contributed by atoms with van der Waals surface area (Å²) in [6.07, 6.45) is 4.30. The highest BCUT2D eigenvalue weighted by Crippen LogP contribution is 2.19. The number of carbonyl (C=O) groups excluding carboxylic acids is 1. The van der Waals surface area contributed by atoms with Crippen molar-refractivity contribution in [3.05, 3.63) is 29.3 Å². The van der Waals surface area contributed by atoms with Gasteiger partial charge in [0.15, 0.2) is 6.61 Å². The molecule has 0 saturated heterocycles. The lowest BCUT2D eigenvalue weighted by atomic mass is 10.1. The van der Waals surface area contributed by atoms with Crippen molar-refractivity contribution in [2.75, 3.05) is 6.61 Å². The first kappa shape index (κ1) is 15.1. The highest BCUT2D eigenvalue weighted by Gasteiger charge is 2.23. The first-order valence-corrected chi connectivity index (χ1v) is 7.39. The van der Waals surface area contributed by atoms with Gasteiger partial charge in [0.1, 0.15) is 5.75 Å². The Morgan fingerprint density at radius 1 is 1.35 bits per heavy atom. The van der Waals surface area contributed by atoms with E-state index in [1.807, 2.05) is 0 Å². The normalized spacial score (nSPS) is 22.9. The molecule has 4 nitrogen and oxygen atoms in total. The van der Waals surface area contributed by atoms with Crippen molar-refractivity contribution in [2.45, 2.75) is 44.2 Å². The molecule has 0 aliphatic heterocycles. The predicted octanol–water partition coefficient (Wildman–Crippen LogP) is 2.53. The summed E-state index contributed by atoms with van der Waals surface area (Å²) in [5.41, 5.74) is 0. The van der Waals surface area contributed by atoms with Gasteiger partial charge in [0, 0.05) is 5.02 Å². The topological polar surface area (TPSA) is 58.6 Å². The molecule has 5 heteroatoms. The SMILES string of the molecule is O=C(COc1cccc(Cl)c1)NC1CCCCCC1O. The van der Waals surface area contributed by atoms with Crippen LogP contribution in [0.4, 0.5) is 0 Å². The first-order valence-electron chi connectivity index (χ1n) is 7.01. The fourth-order valence-corrected chi connectivity index (χ4v) is 2.59. The third kappa shape index (κ3) is 4.69. The van der Waals surface area contributed by atoms with Gasteiger partial charge in [-0.15, -0.1) is 0 Å².